The molecule has 0 spiro atoms. The van der Waals surface area contributed by atoms with Gasteiger partial charge in [-0.05, 0) is 13.0 Å². The fourth-order valence-corrected chi connectivity index (χ4v) is 0.985. The molecule has 0 saturated carbocycles. The Morgan fingerprint density at radius 1 is 1.60 bits per heavy atom. The summed E-state index contributed by atoms with van der Waals surface area (Å²) in [6, 6.07) is 0.600. The molecule has 1 saturated heterocycles. The molecule has 0 radical (unpaired) electrons. The maximum atomic E-state index is 3.93. The topological polar surface area (TPSA) is 24.1 Å². The van der Waals surface area contributed by atoms with E-state index >= 15 is 0 Å². The minimum Gasteiger partial charge on any atom is -0.315 e. The zero-order valence-electron chi connectivity index (χ0n) is 6.15. The lowest BCUT2D eigenvalue weighted by atomic mass is 10.3. The molecule has 1 aliphatic rings. The summed E-state index contributed by atoms with van der Waals surface area (Å²) in [7, 11) is 0. The Hall–Kier alpha value is 0.270. The summed E-state index contributed by atoms with van der Waals surface area (Å²) in [4.78, 5) is 0. The molecule has 0 amide bonds. The van der Waals surface area contributed by atoms with Crippen LogP contribution < -0.4 is 10.0 Å². The van der Waals surface area contributed by atoms with Gasteiger partial charge in [0, 0.05) is 14.0 Å². The van der Waals surface area contributed by atoms with Crippen molar-refractivity contribution in [3.05, 3.63) is 0 Å². The van der Waals surface area contributed by atoms with Gasteiger partial charge in [0.15, 0.2) is 0 Å². The summed E-state index contributed by atoms with van der Waals surface area (Å²) in [5.74, 6) is 0. The molecule has 2 N–H and O–H groups in total. The molecular formula is C7H22N2S. The van der Waals surface area contributed by atoms with Gasteiger partial charge in [-0.15, -0.1) is 0 Å². The smallest absolute Gasteiger partial charge is 0.0306 e. The van der Waals surface area contributed by atoms with Gasteiger partial charge in [-0.3, -0.25) is 4.72 Å². The minimum absolute atomic E-state index is 0. The summed E-state index contributed by atoms with van der Waals surface area (Å²) in [6.07, 6.45) is 1.21. The van der Waals surface area contributed by atoms with Gasteiger partial charge in [0.2, 0.25) is 0 Å². The van der Waals surface area contributed by atoms with E-state index in [-0.39, 0.29) is 8.85 Å². The number of nitrogens with one attached hydrogen (secondary N) is 2. The quantitative estimate of drug-likeness (QED) is 0.516. The third-order valence-corrected chi connectivity index (χ3v) is 1.61. The van der Waals surface area contributed by atoms with Crippen molar-refractivity contribution in [2.24, 2.45) is 0 Å². The van der Waals surface area contributed by atoms with Crippen LogP contribution in [0.2, 0.25) is 0 Å². The second-order valence-corrected chi connectivity index (χ2v) is 2.08. The van der Waals surface area contributed by atoms with Crippen LogP contribution in [0.15, 0.2) is 0 Å². The number of hydrogen-bond donors (Lipinski definition) is 3. The van der Waals surface area contributed by atoms with Crippen LogP contribution in [0.1, 0.15) is 29.1 Å². The molecule has 3 heteroatoms. The average Bonchev–Trinajstić information content (AvgIpc) is 2.43. The SMILES string of the molecule is C.CC.SNC1CCNC1.[HH]. The van der Waals surface area contributed by atoms with E-state index in [9.17, 15) is 0 Å². The third-order valence-electron chi connectivity index (χ3n) is 1.24. The maximum absolute atomic E-state index is 3.93. The van der Waals surface area contributed by atoms with Gasteiger partial charge in [-0.25, -0.2) is 0 Å². The van der Waals surface area contributed by atoms with Crippen molar-refractivity contribution in [1.29, 1.82) is 0 Å². The Morgan fingerprint density at radius 3 is 2.40 bits per heavy atom. The van der Waals surface area contributed by atoms with Crippen molar-refractivity contribution in [2.75, 3.05) is 13.1 Å². The van der Waals surface area contributed by atoms with Crippen molar-refractivity contribution >= 4 is 12.8 Å². The third kappa shape index (κ3) is 5.09. The Labute approximate surface area is 71.8 Å². The van der Waals surface area contributed by atoms with Crippen LogP contribution in [0.25, 0.3) is 0 Å². The molecule has 0 aromatic carbocycles. The highest BCUT2D eigenvalue weighted by Gasteiger charge is 2.10. The molecule has 2 nitrogen and oxygen atoms in total. The Balaban J connectivity index is -0.000000149. The lowest BCUT2D eigenvalue weighted by Gasteiger charge is -2.01. The minimum atomic E-state index is 0. The molecule has 0 aromatic rings. The van der Waals surface area contributed by atoms with E-state index in [1.54, 1.807) is 0 Å². The van der Waals surface area contributed by atoms with Crippen LogP contribution >= 0.6 is 12.8 Å². The van der Waals surface area contributed by atoms with Gasteiger partial charge in [0.1, 0.15) is 0 Å². The monoisotopic (exact) mass is 166 g/mol. The molecule has 10 heavy (non-hydrogen) atoms. The van der Waals surface area contributed by atoms with Gasteiger partial charge in [-0.2, -0.15) is 0 Å². The van der Waals surface area contributed by atoms with Crippen molar-refractivity contribution in [2.45, 2.75) is 33.7 Å². The first-order valence-corrected chi connectivity index (χ1v) is 3.98. The number of rotatable bonds is 1. The highest BCUT2D eigenvalue weighted by Crippen LogP contribution is 1.95. The highest BCUT2D eigenvalue weighted by molar-refractivity contribution is 7.78. The lowest BCUT2D eigenvalue weighted by molar-refractivity contribution is 0.696. The van der Waals surface area contributed by atoms with Crippen LogP contribution in [0, 0.1) is 0 Å². The molecule has 66 valence electrons. The van der Waals surface area contributed by atoms with E-state index in [1.165, 1.54) is 6.42 Å². The highest BCUT2D eigenvalue weighted by atomic mass is 32.1. The van der Waals surface area contributed by atoms with Gasteiger partial charge < -0.3 is 5.32 Å². The van der Waals surface area contributed by atoms with Crippen LogP contribution in [-0.2, 0) is 0 Å². The normalized spacial score (nSPS) is 22.5. The Kier molecular flexibility index (Phi) is 12.0. The van der Waals surface area contributed by atoms with Crippen LogP contribution in [0.3, 0.4) is 0 Å². The zero-order chi connectivity index (χ0) is 7.11. The molecule has 1 atom stereocenters. The summed E-state index contributed by atoms with van der Waals surface area (Å²) >= 11 is 3.93. The van der Waals surface area contributed by atoms with Gasteiger partial charge in [0.05, 0.1) is 0 Å². The van der Waals surface area contributed by atoms with Crippen molar-refractivity contribution in [3.8, 4) is 0 Å². The van der Waals surface area contributed by atoms with Crippen molar-refractivity contribution in [1.82, 2.24) is 10.0 Å². The van der Waals surface area contributed by atoms with Gasteiger partial charge >= 0.3 is 0 Å². The summed E-state index contributed by atoms with van der Waals surface area (Å²) < 4.78 is 2.90. The second-order valence-electron chi connectivity index (χ2n) is 1.82. The molecular weight excluding hydrogens is 144 g/mol. The van der Waals surface area contributed by atoms with Crippen LogP contribution in [0.5, 0.6) is 0 Å². The van der Waals surface area contributed by atoms with E-state index in [2.05, 4.69) is 22.9 Å². The van der Waals surface area contributed by atoms with Crippen molar-refractivity contribution in [3.63, 3.8) is 0 Å². The molecule has 0 bridgehead atoms. The molecule has 1 heterocycles. The van der Waals surface area contributed by atoms with E-state index in [4.69, 9.17) is 0 Å². The van der Waals surface area contributed by atoms with E-state index in [0.717, 1.165) is 13.1 Å². The Morgan fingerprint density at radius 2 is 2.20 bits per heavy atom. The van der Waals surface area contributed by atoms with Crippen LogP contribution in [0.4, 0.5) is 0 Å². The van der Waals surface area contributed by atoms with E-state index in [0.29, 0.717) is 6.04 Å². The average molecular weight is 166 g/mol. The molecule has 0 aliphatic carbocycles. The zero-order valence-corrected chi connectivity index (χ0v) is 7.04. The molecule has 1 unspecified atom stereocenters. The lowest BCUT2D eigenvalue weighted by Crippen LogP contribution is -2.22. The maximum Gasteiger partial charge on any atom is 0.0306 e. The predicted octanol–water partition coefficient (Wildman–Crippen LogP) is 1.69. The molecule has 1 aliphatic heterocycles. The fourth-order valence-electron chi connectivity index (χ4n) is 0.765. The predicted molar refractivity (Wildman–Crippen MR) is 53.6 cm³/mol. The van der Waals surface area contributed by atoms with Crippen molar-refractivity contribution < 1.29 is 1.43 Å². The summed E-state index contributed by atoms with van der Waals surface area (Å²) in [5, 5.41) is 3.21. The molecule has 1 fully saturated rings. The summed E-state index contributed by atoms with van der Waals surface area (Å²) in [5.41, 5.74) is 0. The summed E-state index contributed by atoms with van der Waals surface area (Å²) in [6.45, 7) is 6.21. The fraction of sp³-hybridized carbons (Fsp3) is 1.00. The first-order chi connectivity index (χ1) is 4.43. The molecule has 0 aromatic heterocycles. The number of hydrogen-bond acceptors (Lipinski definition) is 3. The van der Waals surface area contributed by atoms with Gasteiger partial charge in [-0.1, -0.05) is 34.1 Å². The second kappa shape index (κ2) is 9.27. The standard InChI is InChI=1S/C4H10N2S.C2H6.CH4.H2/c7-6-4-1-2-5-3-4;1-2;;/h4-7H,1-3H2;1-2H3;1H4;1H. The Bertz CT molecular complexity index is 58.4. The molecule has 1 rings (SSSR count). The van der Waals surface area contributed by atoms with E-state index < -0.39 is 0 Å². The first kappa shape index (κ1) is 12.9. The van der Waals surface area contributed by atoms with Crippen LogP contribution in [-0.4, -0.2) is 19.1 Å². The van der Waals surface area contributed by atoms with Gasteiger partial charge in [0.25, 0.3) is 0 Å². The van der Waals surface area contributed by atoms with E-state index in [1.807, 2.05) is 13.8 Å². The number of thiol groups is 1. The largest absolute Gasteiger partial charge is 0.315 e. The first-order valence-electron chi connectivity index (χ1n) is 3.54.